The summed E-state index contributed by atoms with van der Waals surface area (Å²) in [5.74, 6) is -0.927. The summed E-state index contributed by atoms with van der Waals surface area (Å²) < 4.78 is 5.98. The lowest BCUT2D eigenvalue weighted by atomic mass is 10.3. The van der Waals surface area contributed by atoms with E-state index in [1.807, 2.05) is 29.0 Å². The topological polar surface area (TPSA) is 55.4 Å². The largest absolute Gasteiger partial charge is 0.449 e. The molecule has 1 heterocycles. The molecule has 0 bridgehead atoms. The van der Waals surface area contributed by atoms with E-state index in [1.165, 1.54) is 13.0 Å². The van der Waals surface area contributed by atoms with E-state index in [-0.39, 0.29) is 5.91 Å². The minimum atomic E-state index is -0.872. The van der Waals surface area contributed by atoms with Crippen LogP contribution >= 0.6 is 27.3 Å². The molecule has 114 valence electrons. The summed E-state index contributed by atoms with van der Waals surface area (Å²) in [6, 6.07) is 9.03. The summed E-state index contributed by atoms with van der Waals surface area (Å²) in [5, 5.41) is 6.51. The van der Waals surface area contributed by atoms with Crippen LogP contribution in [0.1, 0.15) is 12.5 Å². The fourth-order valence-corrected chi connectivity index (χ4v) is 2.47. The zero-order valence-electron chi connectivity index (χ0n) is 11.8. The average Bonchev–Trinajstić information content (AvgIpc) is 3.01. The first-order valence-corrected chi connectivity index (χ1v) is 8.25. The minimum Gasteiger partial charge on any atom is -0.449 e. The fraction of sp³-hybridized carbons (Fsp3) is 0.125. The second-order valence-electron chi connectivity index (χ2n) is 4.47. The molecule has 0 saturated heterocycles. The first-order valence-electron chi connectivity index (χ1n) is 6.52. The molecule has 0 aliphatic carbocycles. The number of anilines is 1. The number of thiophene rings is 1. The number of esters is 1. The van der Waals surface area contributed by atoms with E-state index in [0.29, 0.717) is 5.69 Å². The summed E-state index contributed by atoms with van der Waals surface area (Å²) in [6.45, 7) is 1.53. The summed E-state index contributed by atoms with van der Waals surface area (Å²) in [5.41, 5.74) is 1.57. The van der Waals surface area contributed by atoms with Crippen molar-refractivity contribution >= 4 is 50.9 Å². The molecular weight excluding hydrogens is 366 g/mol. The van der Waals surface area contributed by atoms with Crippen molar-refractivity contribution in [2.75, 3.05) is 5.32 Å². The van der Waals surface area contributed by atoms with Crippen molar-refractivity contribution < 1.29 is 14.3 Å². The van der Waals surface area contributed by atoms with Crippen LogP contribution in [0.2, 0.25) is 0 Å². The smallest absolute Gasteiger partial charge is 0.331 e. The quantitative estimate of drug-likeness (QED) is 0.628. The van der Waals surface area contributed by atoms with Crippen LogP contribution in [0, 0.1) is 0 Å². The van der Waals surface area contributed by atoms with Gasteiger partial charge >= 0.3 is 5.97 Å². The van der Waals surface area contributed by atoms with Gasteiger partial charge in [0, 0.05) is 16.2 Å². The van der Waals surface area contributed by atoms with Gasteiger partial charge in [0.1, 0.15) is 0 Å². The Morgan fingerprint density at radius 1 is 1.27 bits per heavy atom. The molecule has 1 atom stereocenters. The number of halogens is 1. The SMILES string of the molecule is C[C@H](OC(=O)/C=C/c1ccsc1)C(=O)Nc1ccc(Br)cc1. The Balaban J connectivity index is 1.85. The van der Waals surface area contributed by atoms with E-state index in [0.717, 1.165) is 10.0 Å². The lowest BCUT2D eigenvalue weighted by Gasteiger charge is -2.12. The van der Waals surface area contributed by atoms with Crippen molar-refractivity contribution in [3.63, 3.8) is 0 Å². The lowest BCUT2D eigenvalue weighted by molar-refractivity contribution is -0.148. The highest BCUT2D eigenvalue weighted by Crippen LogP contribution is 2.14. The number of carbonyl (C=O) groups is 2. The monoisotopic (exact) mass is 379 g/mol. The summed E-state index contributed by atoms with van der Waals surface area (Å²) in [6.07, 6.45) is 2.09. The summed E-state index contributed by atoms with van der Waals surface area (Å²) in [7, 11) is 0. The number of hydrogen-bond donors (Lipinski definition) is 1. The van der Waals surface area contributed by atoms with E-state index in [4.69, 9.17) is 4.74 Å². The van der Waals surface area contributed by atoms with Gasteiger partial charge in [-0.2, -0.15) is 11.3 Å². The van der Waals surface area contributed by atoms with Gasteiger partial charge in [-0.05, 0) is 59.7 Å². The molecule has 1 N–H and O–H groups in total. The van der Waals surface area contributed by atoms with Crippen LogP contribution < -0.4 is 5.32 Å². The third-order valence-corrected chi connectivity index (χ3v) is 3.96. The molecule has 6 heteroatoms. The van der Waals surface area contributed by atoms with Gasteiger partial charge in [0.05, 0.1) is 0 Å². The first-order chi connectivity index (χ1) is 10.5. The lowest BCUT2D eigenvalue weighted by Crippen LogP contribution is -2.29. The molecule has 1 amide bonds. The van der Waals surface area contributed by atoms with Crippen molar-refractivity contribution in [2.45, 2.75) is 13.0 Å². The van der Waals surface area contributed by atoms with Gasteiger partial charge in [-0.3, -0.25) is 4.79 Å². The van der Waals surface area contributed by atoms with E-state index in [2.05, 4.69) is 21.2 Å². The number of rotatable bonds is 5. The third-order valence-electron chi connectivity index (χ3n) is 2.73. The Hall–Kier alpha value is -1.92. The number of amides is 1. The predicted molar refractivity (Wildman–Crippen MR) is 91.7 cm³/mol. The molecule has 1 aromatic heterocycles. The molecule has 0 saturated carbocycles. The molecule has 0 fully saturated rings. The van der Waals surface area contributed by atoms with Gasteiger partial charge in [0.15, 0.2) is 6.10 Å². The molecule has 0 aliphatic heterocycles. The first kappa shape index (κ1) is 16.5. The predicted octanol–water partition coefficient (Wildman–Crippen LogP) is 4.09. The summed E-state index contributed by atoms with van der Waals surface area (Å²) in [4.78, 5) is 23.6. The normalized spacial score (nSPS) is 12.1. The van der Waals surface area contributed by atoms with Gasteiger partial charge in [-0.15, -0.1) is 0 Å². The van der Waals surface area contributed by atoms with Crippen LogP contribution in [-0.2, 0) is 14.3 Å². The maximum Gasteiger partial charge on any atom is 0.331 e. The molecule has 22 heavy (non-hydrogen) atoms. The number of hydrogen-bond acceptors (Lipinski definition) is 4. The van der Waals surface area contributed by atoms with E-state index in [9.17, 15) is 9.59 Å². The molecule has 0 unspecified atom stereocenters. The zero-order chi connectivity index (χ0) is 15.9. The van der Waals surface area contributed by atoms with Crippen molar-refractivity contribution in [1.82, 2.24) is 0 Å². The molecule has 2 aromatic rings. The van der Waals surface area contributed by atoms with E-state index < -0.39 is 12.1 Å². The highest BCUT2D eigenvalue weighted by Gasteiger charge is 2.16. The Kier molecular flexibility index (Phi) is 5.91. The van der Waals surface area contributed by atoms with Crippen LogP contribution in [0.25, 0.3) is 6.08 Å². The number of ether oxygens (including phenoxy) is 1. The van der Waals surface area contributed by atoms with Crippen LogP contribution in [-0.4, -0.2) is 18.0 Å². The summed E-state index contributed by atoms with van der Waals surface area (Å²) >= 11 is 4.86. The van der Waals surface area contributed by atoms with Crippen molar-refractivity contribution in [1.29, 1.82) is 0 Å². The third kappa shape index (κ3) is 5.13. The van der Waals surface area contributed by atoms with Crippen LogP contribution in [0.3, 0.4) is 0 Å². The Labute approximate surface area is 140 Å². The zero-order valence-corrected chi connectivity index (χ0v) is 14.2. The maximum absolute atomic E-state index is 11.9. The van der Waals surface area contributed by atoms with E-state index >= 15 is 0 Å². The van der Waals surface area contributed by atoms with Crippen molar-refractivity contribution in [3.05, 3.63) is 57.2 Å². The standard InChI is InChI=1S/C16H14BrNO3S/c1-11(16(20)18-14-5-3-13(17)4-6-14)21-15(19)7-2-12-8-9-22-10-12/h2-11H,1H3,(H,18,20)/b7-2+/t11-/m0/s1. The van der Waals surface area contributed by atoms with Gasteiger partial charge in [0.25, 0.3) is 5.91 Å². The second-order valence-corrected chi connectivity index (χ2v) is 6.16. The molecule has 2 rings (SSSR count). The van der Waals surface area contributed by atoms with Crippen molar-refractivity contribution in [3.8, 4) is 0 Å². The molecule has 0 radical (unpaired) electrons. The van der Waals surface area contributed by atoms with Crippen LogP contribution in [0.5, 0.6) is 0 Å². The Morgan fingerprint density at radius 3 is 2.64 bits per heavy atom. The van der Waals surface area contributed by atoms with Gasteiger partial charge < -0.3 is 10.1 Å². The fourth-order valence-electron chi connectivity index (χ4n) is 1.58. The van der Waals surface area contributed by atoms with Gasteiger partial charge in [-0.25, -0.2) is 4.79 Å². The molecular formula is C16H14BrNO3S. The van der Waals surface area contributed by atoms with Crippen LogP contribution in [0.4, 0.5) is 5.69 Å². The highest BCUT2D eigenvalue weighted by molar-refractivity contribution is 9.10. The highest BCUT2D eigenvalue weighted by atomic mass is 79.9. The van der Waals surface area contributed by atoms with Gasteiger partial charge in [-0.1, -0.05) is 15.9 Å². The number of benzene rings is 1. The molecule has 4 nitrogen and oxygen atoms in total. The number of nitrogens with one attached hydrogen (secondary N) is 1. The second kappa shape index (κ2) is 7.91. The molecule has 0 spiro atoms. The molecule has 0 aliphatic rings. The van der Waals surface area contributed by atoms with Gasteiger partial charge in [0.2, 0.25) is 0 Å². The number of carbonyl (C=O) groups excluding carboxylic acids is 2. The minimum absolute atomic E-state index is 0.375. The van der Waals surface area contributed by atoms with Crippen molar-refractivity contribution in [2.24, 2.45) is 0 Å². The molecule has 1 aromatic carbocycles. The average molecular weight is 380 g/mol. The van der Waals surface area contributed by atoms with Crippen LogP contribution in [0.15, 0.2) is 51.6 Å². The Morgan fingerprint density at radius 2 is 2.00 bits per heavy atom. The Bertz CT molecular complexity index is 665. The van der Waals surface area contributed by atoms with E-state index in [1.54, 1.807) is 29.5 Å². The maximum atomic E-state index is 11.9.